The van der Waals surface area contributed by atoms with Gasteiger partial charge in [0.2, 0.25) is 17.7 Å². The first-order valence-electron chi connectivity index (χ1n) is 8.89. The van der Waals surface area contributed by atoms with E-state index in [2.05, 4.69) is 10.6 Å². The highest BCUT2D eigenvalue weighted by molar-refractivity contribution is 8.00. The second-order valence-electron chi connectivity index (χ2n) is 6.68. The second kappa shape index (κ2) is 9.92. The van der Waals surface area contributed by atoms with Gasteiger partial charge in [0.1, 0.15) is 6.04 Å². The number of aryl methyl sites for hydroxylation is 1. The smallest absolute Gasteiger partial charge is 0.244 e. The fourth-order valence-corrected chi connectivity index (χ4v) is 4.54. The van der Waals surface area contributed by atoms with Crippen molar-refractivity contribution in [1.82, 2.24) is 10.2 Å². The Labute approximate surface area is 169 Å². The van der Waals surface area contributed by atoms with Crippen LogP contribution in [-0.4, -0.2) is 73.2 Å². The Morgan fingerprint density at radius 3 is 2.43 bits per heavy atom. The van der Waals surface area contributed by atoms with Gasteiger partial charge in [0.05, 0.1) is 23.0 Å². The first-order chi connectivity index (χ1) is 13.2. The van der Waals surface area contributed by atoms with Gasteiger partial charge in [0.25, 0.3) is 0 Å². The summed E-state index contributed by atoms with van der Waals surface area (Å²) in [6.07, 6.45) is 0. The minimum atomic E-state index is -3.07. The van der Waals surface area contributed by atoms with E-state index >= 15 is 0 Å². The molecule has 1 aliphatic heterocycles. The monoisotopic (exact) mass is 427 g/mol. The van der Waals surface area contributed by atoms with Crippen molar-refractivity contribution in [2.45, 2.75) is 19.9 Å². The Morgan fingerprint density at radius 1 is 1.14 bits per heavy atom. The maximum absolute atomic E-state index is 12.3. The summed E-state index contributed by atoms with van der Waals surface area (Å²) in [6.45, 7) is 3.79. The molecule has 1 aromatic carbocycles. The summed E-state index contributed by atoms with van der Waals surface area (Å²) >= 11 is 1.15. The highest BCUT2D eigenvalue weighted by Crippen LogP contribution is 2.11. The van der Waals surface area contributed by atoms with Crippen molar-refractivity contribution in [3.05, 3.63) is 29.8 Å². The average Bonchev–Trinajstić information content (AvgIpc) is 2.61. The average molecular weight is 428 g/mol. The number of hydrogen-bond acceptors (Lipinski definition) is 6. The normalized spacial score (nSPS) is 16.9. The topological polar surface area (TPSA) is 113 Å². The number of carbonyl (C=O) groups excluding carboxylic acids is 3. The Hall–Kier alpha value is -2.07. The number of amides is 3. The van der Waals surface area contributed by atoms with Crippen LogP contribution in [0.2, 0.25) is 0 Å². The zero-order valence-electron chi connectivity index (χ0n) is 15.9. The molecule has 28 heavy (non-hydrogen) atoms. The third-order valence-corrected chi connectivity index (χ3v) is 6.71. The molecule has 1 aliphatic rings. The molecule has 0 radical (unpaired) electrons. The van der Waals surface area contributed by atoms with Crippen molar-refractivity contribution in [3.8, 4) is 0 Å². The van der Waals surface area contributed by atoms with Gasteiger partial charge in [0.15, 0.2) is 9.84 Å². The fraction of sp³-hybridized carbons (Fsp3) is 0.500. The molecule has 0 bridgehead atoms. The quantitative estimate of drug-likeness (QED) is 0.653. The Kier molecular flexibility index (Phi) is 7.88. The molecule has 2 rings (SSSR count). The summed E-state index contributed by atoms with van der Waals surface area (Å²) < 4.78 is 22.9. The number of nitrogens with one attached hydrogen (secondary N) is 2. The lowest BCUT2D eigenvalue weighted by atomic mass is 10.2. The van der Waals surface area contributed by atoms with E-state index in [1.54, 1.807) is 13.0 Å². The molecule has 1 fully saturated rings. The largest absolute Gasteiger partial charge is 0.344 e. The van der Waals surface area contributed by atoms with Gasteiger partial charge in [-0.3, -0.25) is 14.4 Å². The van der Waals surface area contributed by atoms with Gasteiger partial charge >= 0.3 is 0 Å². The Balaban J connectivity index is 1.68. The number of sulfone groups is 1. The number of hydrogen-bond donors (Lipinski definition) is 2. The lowest BCUT2D eigenvalue weighted by Crippen LogP contribution is -2.52. The summed E-state index contributed by atoms with van der Waals surface area (Å²) in [4.78, 5) is 37.7. The maximum Gasteiger partial charge on any atom is 0.244 e. The van der Waals surface area contributed by atoms with E-state index in [1.165, 1.54) is 4.90 Å². The molecule has 8 nitrogen and oxygen atoms in total. The van der Waals surface area contributed by atoms with Crippen LogP contribution in [0.15, 0.2) is 24.3 Å². The van der Waals surface area contributed by atoms with Crippen LogP contribution in [0, 0.1) is 6.92 Å². The molecule has 154 valence electrons. The van der Waals surface area contributed by atoms with Crippen LogP contribution in [0.25, 0.3) is 0 Å². The molecule has 1 atom stereocenters. The second-order valence-corrected chi connectivity index (χ2v) is 9.97. The predicted octanol–water partition coefficient (Wildman–Crippen LogP) is 0.428. The minimum Gasteiger partial charge on any atom is -0.344 e. The van der Waals surface area contributed by atoms with Crippen molar-refractivity contribution in [3.63, 3.8) is 0 Å². The van der Waals surface area contributed by atoms with Crippen LogP contribution in [-0.2, 0) is 24.2 Å². The van der Waals surface area contributed by atoms with Gasteiger partial charge in [-0.2, -0.15) is 0 Å². The SMILES string of the molecule is Cc1cccc(NC(=O)CSCC(=O)NC(C)C(=O)N2CCS(=O)(=O)CC2)c1. The van der Waals surface area contributed by atoms with E-state index < -0.39 is 15.9 Å². The van der Waals surface area contributed by atoms with E-state index in [0.717, 1.165) is 17.3 Å². The van der Waals surface area contributed by atoms with Gasteiger partial charge in [-0.25, -0.2) is 8.42 Å². The molecular formula is C18H25N3O5S2. The number of benzene rings is 1. The number of thioether (sulfide) groups is 1. The number of rotatable bonds is 7. The molecule has 1 saturated heterocycles. The van der Waals surface area contributed by atoms with Crippen LogP contribution in [0.4, 0.5) is 5.69 Å². The molecule has 0 spiro atoms. The van der Waals surface area contributed by atoms with Gasteiger partial charge in [0, 0.05) is 18.8 Å². The van der Waals surface area contributed by atoms with E-state index in [1.807, 2.05) is 25.1 Å². The molecule has 0 aliphatic carbocycles. The lowest BCUT2D eigenvalue weighted by molar-refractivity contribution is -0.135. The van der Waals surface area contributed by atoms with Crippen LogP contribution < -0.4 is 10.6 Å². The maximum atomic E-state index is 12.3. The number of anilines is 1. The lowest BCUT2D eigenvalue weighted by Gasteiger charge is -2.29. The minimum absolute atomic E-state index is 0.0488. The van der Waals surface area contributed by atoms with Crippen molar-refractivity contribution in [1.29, 1.82) is 0 Å². The van der Waals surface area contributed by atoms with E-state index in [4.69, 9.17) is 0 Å². The highest BCUT2D eigenvalue weighted by atomic mass is 32.2. The molecule has 10 heteroatoms. The third-order valence-electron chi connectivity index (χ3n) is 4.17. The Morgan fingerprint density at radius 2 is 1.79 bits per heavy atom. The van der Waals surface area contributed by atoms with Crippen molar-refractivity contribution >= 4 is 45.0 Å². The molecule has 1 aromatic rings. The first kappa shape index (κ1) is 22.2. The van der Waals surface area contributed by atoms with Crippen molar-refractivity contribution in [2.24, 2.45) is 0 Å². The van der Waals surface area contributed by atoms with Gasteiger partial charge in [-0.15, -0.1) is 11.8 Å². The molecule has 2 N–H and O–H groups in total. The van der Waals surface area contributed by atoms with Crippen molar-refractivity contribution < 1.29 is 22.8 Å². The standard InChI is InChI=1S/C18H25N3O5S2/c1-13-4-3-5-15(10-13)20-17(23)12-27-11-16(22)19-14(2)18(24)21-6-8-28(25,26)9-7-21/h3-5,10,14H,6-9,11-12H2,1-2H3,(H,19,22)(H,20,23). The zero-order chi connectivity index (χ0) is 20.7. The predicted molar refractivity (Wildman–Crippen MR) is 110 cm³/mol. The third kappa shape index (κ3) is 7.16. The Bertz CT molecular complexity index is 827. The summed E-state index contributed by atoms with van der Waals surface area (Å²) in [6, 6.07) is 6.69. The van der Waals surface area contributed by atoms with Gasteiger partial charge < -0.3 is 15.5 Å². The summed E-state index contributed by atoms with van der Waals surface area (Å²) in [5.41, 5.74) is 1.74. The fourth-order valence-electron chi connectivity index (χ4n) is 2.71. The van der Waals surface area contributed by atoms with E-state index in [-0.39, 0.29) is 53.8 Å². The molecule has 0 saturated carbocycles. The van der Waals surface area contributed by atoms with Crippen molar-refractivity contribution in [2.75, 3.05) is 41.4 Å². The summed E-state index contributed by atoms with van der Waals surface area (Å²) in [7, 11) is -3.07. The van der Waals surface area contributed by atoms with Crippen LogP contribution >= 0.6 is 11.8 Å². The molecule has 0 aromatic heterocycles. The van der Waals surface area contributed by atoms with Crippen LogP contribution in [0.5, 0.6) is 0 Å². The summed E-state index contributed by atoms with van der Waals surface area (Å²) in [5, 5.41) is 5.36. The van der Waals surface area contributed by atoms with Crippen LogP contribution in [0.1, 0.15) is 12.5 Å². The summed E-state index contributed by atoms with van der Waals surface area (Å²) in [5.74, 6) is -0.788. The molecule has 3 amide bonds. The van der Waals surface area contributed by atoms with Gasteiger partial charge in [-0.1, -0.05) is 12.1 Å². The number of nitrogens with zero attached hydrogens (tertiary/aromatic N) is 1. The highest BCUT2D eigenvalue weighted by Gasteiger charge is 2.28. The zero-order valence-corrected chi connectivity index (χ0v) is 17.6. The molecular weight excluding hydrogens is 402 g/mol. The van der Waals surface area contributed by atoms with E-state index in [9.17, 15) is 22.8 Å². The molecule has 1 heterocycles. The molecule has 1 unspecified atom stereocenters. The van der Waals surface area contributed by atoms with Crippen LogP contribution in [0.3, 0.4) is 0 Å². The van der Waals surface area contributed by atoms with Gasteiger partial charge in [-0.05, 0) is 31.5 Å². The van der Waals surface area contributed by atoms with E-state index in [0.29, 0.717) is 5.69 Å². The number of carbonyl (C=O) groups is 3. The first-order valence-corrected chi connectivity index (χ1v) is 11.9.